The van der Waals surface area contributed by atoms with E-state index in [1.54, 1.807) is 11.3 Å². The number of rotatable bonds is 4. The van der Waals surface area contributed by atoms with Gasteiger partial charge in [0.1, 0.15) is 11.9 Å². The molecule has 0 bridgehead atoms. The molecule has 1 aromatic carbocycles. The first-order chi connectivity index (χ1) is 8.61. The molecule has 2 nitrogen and oxygen atoms in total. The van der Waals surface area contributed by atoms with Gasteiger partial charge in [0.25, 0.3) is 0 Å². The van der Waals surface area contributed by atoms with Crippen LogP contribution in [0.5, 0.6) is 5.75 Å². The van der Waals surface area contributed by atoms with Crippen LogP contribution in [0.15, 0.2) is 34.1 Å². The zero-order valence-corrected chi connectivity index (χ0v) is 14.3. The van der Waals surface area contributed by atoms with E-state index < -0.39 is 6.10 Å². The monoisotopic (exact) mass is 438 g/mol. The Morgan fingerprint density at radius 2 is 2.22 bits per heavy atom. The first kappa shape index (κ1) is 14.3. The van der Waals surface area contributed by atoms with E-state index in [2.05, 4.69) is 38.5 Å². The van der Waals surface area contributed by atoms with Crippen molar-refractivity contribution in [3.63, 3.8) is 0 Å². The molecule has 0 radical (unpaired) electrons. The molecule has 5 heteroatoms. The summed E-state index contributed by atoms with van der Waals surface area (Å²) in [6.45, 7) is 2.52. The maximum Gasteiger partial charge on any atom is 0.125 e. The van der Waals surface area contributed by atoms with Gasteiger partial charge in [-0.1, -0.05) is 15.9 Å². The number of hydrogen-bond donors (Lipinski definition) is 1. The molecule has 0 saturated carbocycles. The maximum absolute atomic E-state index is 10.4. The molecule has 1 aromatic heterocycles. The minimum Gasteiger partial charge on any atom is -0.493 e. The van der Waals surface area contributed by atoms with E-state index in [-0.39, 0.29) is 0 Å². The van der Waals surface area contributed by atoms with Gasteiger partial charge in [-0.25, -0.2) is 0 Å². The summed E-state index contributed by atoms with van der Waals surface area (Å²) >= 11 is 7.31. The second kappa shape index (κ2) is 6.36. The molecule has 0 aliphatic rings. The molecular formula is C13H12BrIO2S. The van der Waals surface area contributed by atoms with Crippen molar-refractivity contribution >= 4 is 49.9 Å². The number of hydrogen-bond acceptors (Lipinski definition) is 3. The molecule has 18 heavy (non-hydrogen) atoms. The van der Waals surface area contributed by atoms with E-state index in [1.165, 1.54) is 0 Å². The van der Waals surface area contributed by atoms with Crippen molar-refractivity contribution in [3.8, 4) is 5.75 Å². The molecule has 2 aromatic rings. The van der Waals surface area contributed by atoms with Gasteiger partial charge in [0.05, 0.1) is 9.49 Å². The number of halogens is 2. The van der Waals surface area contributed by atoms with Crippen LogP contribution in [0.4, 0.5) is 0 Å². The number of ether oxygens (including phenoxy) is 1. The van der Waals surface area contributed by atoms with Gasteiger partial charge >= 0.3 is 0 Å². The van der Waals surface area contributed by atoms with Crippen molar-refractivity contribution in [2.75, 3.05) is 6.61 Å². The summed E-state index contributed by atoms with van der Waals surface area (Å²) in [6.07, 6.45) is -0.649. The zero-order chi connectivity index (χ0) is 13.1. The van der Waals surface area contributed by atoms with Crippen LogP contribution in [0.25, 0.3) is 0 Å². The normalized spacial score (nSPS) is 12.4. The van der Waals surface area contributed by atoms with Crippen LogP contribution >= 0.6 is 49.9 Å². The summed E-state index contributed by atoms with van der Waals surface area (Å²) in [4.78, 5) is 0. The Balaban J connectivity index is 2.39. The van der Waals surface area contributed by atoms with Crippen molar-refractivity contribution in [2.45, 2.75) is 13.0 Å². The third kappa shape index (κ3) is 3.26. The number of thiophene rings is 1. The largest absolute Gasteiger partial charge is 0.493 e. The van der Waals surface area contributed by atoms with Gasteiger partial charge in [0.2, 0.25) is 0 Å². The number of aliphatic hydroxyl groups excluding tert-OH is 1. The highest BCUT2D eigenvalue weighted by Gasteiger charge is 2.17. The van der Waals surface area contributed by atoms with E-state index in [9.17, 15) is 5.11 Å². The summed E-state index contributed by atoms with van der Waals surface area (Å²) in [5, 5.41) is 12.4. The van der Waals surface area contributed by atoms with Gasteiger partial charge in [-0.05, 0) is 64.7 Å². The van der Waals surface area contributed by atoms with Crippen LogP contribution in [0.1, 0.15) is 24.2 Å². The Labute approximate surface area is 132 Å². The van der Waals surface area contributed by atoms with E-state index in [0.717, 1.165) is 24.2 Å². The Bertz CT molecular complexity index is 542. The van der Waals surface area contributed by atoms with Crippen LogP contribution in [-0.2, 0) is 0 Å². The lowest BCUT2D eigenvalue weighted by molar-refractivity contribution is 0.212. The topological polar surface area (TPSA) is 29.5 Å². The first-order valence-corrected chi connectivity index (χ1v) is 8.21. The predicted molar refractivity (Wildman–Crippen MR) is 86.4 cm³/mol. The van der Waals surface area contributed by atoms with Crippen molar-refractivity contribution < 1.29 is 9.84 Å². The molecule has 1 unspecified atom stereocenters. The molecule has 0 amide bonds. The fourth-order valence-electron chi connectivity index (χ4n) is 1.67. The summed E-state index contributed by atoms with van der Waals surface area (Å²) < 4.78 is 7.66. The molecule has 0 aliphatic heterocycles. The molecule has 1 atom stereocenters. The maximum atomic E-state index is 10.4. The molecule has 1 heterocycles. The Kier molecular flexibility index (Phi) is 5.06. The minimum atomic E-state index is -0.649. The highest BCUT2D eigenvalue weighted by Crippen LogP contribution is 2.34. The second-order valence-electron chi connectivity index (χ2n) is 3.70. The quantitative estimate of drug-likeness (QED) is 0.707. The first-order valence-electron chi connectivity index (χ1n) is 5.46. The van der Waals surface area contributed by atoms with Gasteiger partial charge in [-0.15, -0.1) is 11.3 Å². The van der Waals surface area contributed by atoms with E-state index in [1.807, 2.05) is 36.6 Å². The van der Waals surface area contributed by atoms with E-state index in [4.69, 9.17) is 4.74 Å². The van der Waals surface area contributed by atoms with Gasteiger partial charge in [-0.2, -0.15) is 0 Å². The summed E-state index contributed by atoms with van der Waals surface area (Å²) in [6, 6.07) is 7.69. The van der Waals surface area contributed by atoms with E-state index >= 15 is 0 Å². The van der Waals surface area contributed by atoms with Gasteiger partial charge < -0.3 is 9.84 Å². The molecule has 0 fully saturated rings. The number of aliphatic hydroxyl groups is 1. The van der Waals surface area contributed by atoms with Crippen molar-refractivity contribution in [2.24, 2.45) is 0 Å². The Hall–Kier alpha value is -0.110. The third-order valence-electron chi connectivity index (χ3n) is 2.47. The average Bonchev–Trinajstić information content (AvgIpc) is 2.77. The van der Waals surface area contributed by atoms with Gasteiger partial charge in [0.15, 0.2) is 0 Å². The lowest BCUT2D eigenvalue weighted by Gasteiger charge is -2.15. The molecule has 0 spiro atoms. The van der Waals surface area contributed by atoms with Crippen LogP contribution in [0.3, 0.4) is 0 Å². The summed E-state index contributed by atoms with van der Waals surface area (Å²) in [5.41, 5.74) is 1.70. The Morgan fingerprint density at radius 1 is 1.44 bits per heavy atom. The van der Waals surface area contributed by atoms with Crippen LogP contribution < -0.4 is 4.74 Å². The Morgan fingerprint density at radius 3 is 2.83 bits per heavy atom. The van der Waals surface area contributed by atoms with Gasteiger partial charge in [0, 0.05) is 10.0 Å². The van der Waals surface area contributed by atoms with Crippen molar-refractivity contribution in [1.29, 1.82) is 0 Å². The lowest BCUT2D eigenvalue weighted by Crippen LogP contribution is -2.03. The minimum absolute atomic E-state index is 0.586. The SMILES string of the molecule is CCOc1ccc(Br)cc1C(O)c1csc(I)c1. The molecule has 1 N–H and O–H groups in total. The number of benzene rings is 1. The highest BCUT2D eigenvalue weighted by molar-refractivity contribution is 14.1. The standard InChI is InChI=1S/C13H12BrIO2S/c1-2-17-11-4-3-9(14)6-10(11)13(16)8-5-12(15)18-7-8/h3-7,13,16H,2H2,1H3. The van der Waals surface area contributed by atoms with Crippen molar-refractivity contribution in [3.05, 3.63) is 48.1 Å². The third-order valence-corrected chi connectivity index (χ3v) is 4.77. The summed E-state index contributed by atoms with van der Waals surface area (Å²) in [5.74, 6) is 0.731. The van der Waals surface area contributed by atoms with E-state index in [0.29, 0.717) is 6.61 Å². The van der Waals surface area contributed by atoms with Crippen LogP contribution in [0.2, 0.25) is 0 Å². The molecular weight excluding hydrogens is 427 g/mol. The fraction of sp³-hybridized carbons (Fsp3) is 0.231. The van der Waals surface area contributed by atoms with Crippen molar-refractivity contribution in [1.82, 2.24) is 0 Å². The molecule has 0 saturated heterocycles. The molecule has 2 rings (SSSR count). The smallest absolute Gasteiger partial charge is 0.125 e. The summed E-state index contributed by atoms with van der Waals surface area (Å²) in [7, 11) is 0. The molecule has 96 valence electrons. The highest BCUT2D eigenvalue weighted by atomic mass is 127. The average molecular weight is 439 g/mol. The second-order valence-corrected chi connectivity index (χ2v) is 7.42. The van der Waals surface area contributed by atoms with Gasteiger partial charge in [-0.3, -0.25) is 0 Å². The lowest BCUT2D eigenvalue weighted by atomic mass is 10.0. The zero-order valence-electron chi connectivity index (χ0n) is 9.69. The predicted octanol–water partition coefficient (Wildman–Crippen LogP) is 4.60. The fourth-order valence-corrected chi connectivity index (χ4v) is 3.44. The van der Waals surface area contributed by atoms with Crippen LogP contribution in [0, 0.1) is 2.88 Å². The molecule has 0 aliphatic carbocycles. The van der Waals surface area contributed by atoms with Crippen LogP contribution in [-0.4, -0.2) is 11.7 Å².